The van der Waals surface area contributed by atoms with Crippen LogP contribution < -0.4 is 5.32 Å². The maximum atomic E-state index is 11.7. The quantitative estimate of drug-likeness (QED) is 0.527. The fourth-order valence-electron chi connectivity index (χ4n) is 2.41. The van der Waals surface area contributed by atoms with Crippen molar-refractivity contribution in [1.29, 1.82) is 0 Å². The van der Waals surface area contributed by atoms with Gasteiger partial charge in [-0.3, -0.25) is 0 Å². The van der Waals surface area contributed by atoms with Gasteiger partial charge in [0.1, 0.15) is 0 Å². The van der Waals surface area contributed by atoms with Crippen LogP contribution in [0.25, 0.3) is 0 Å². The van der Waals surface area contributed by atoms with Crippen molar-refractivity contribution in [3.8, 4) is 0 Å². The van der Waals surface area contributed by atoms with Gasteiger partial charge in [0.05, 0.1) is 4.90 Å². The molecule has 0 aliphatic heterocycles. The van der Waals surface area contributed by atoms with E-state index in [4.69, 9.17) is 0 Å². The molecule has 0 aliphatic rings. The summed E-state index contributed by atoms with van der Waals surface area (Å²) in [4.78, 5) is 0.398. The zero-order valence-corrected chi connectivity index (χ0v) is 14.0. The molecule has 0 aliphatic carbocycles. The number of unbranched alkanes of at least 4 members (excludes halogenated alkanes) is 3. The molecule has 1 unspecified atom stereocenters. The molecule has 1 N–H and O–H groups in total. The van der Waals surface area contributed by atoms with Gasteiger partial charge >= 0.3 is 0 Å². The molecule has 21 heavy (non-hydrogen) atoms. The Bertz CT molecular complexity index is 537. The molecule has 0 saturated carbocycles. The first-order valence-corrected chi connectivity index (χ1v) is 9.52. The van der Waals surface area contributed by atoms with Crippen molar-refractivity contribution in [3.63, 3.8) is 0 Å². The van der Waals surface area contributed by atoms with E-state index < -0.39 is 9.84 Å². The van der Waals surface area contributed by atoms with Gasteiger partial charge in [0.15, 0.2) is 9.84 Å². The zero-order valence-electron chi connectivity index (χ0n) is 13.1. The minimum absolute atomic E-state index is 0.223. The van der Waals surface area contributed by atoms with Gasteiger partial charge < -0.3 is 5.32 Å². The Kier molecular flexibility index (Phi) is 7.68. The molecule has 1 aromatic carbocycles. The predicted molar refractivity (Wildman–Crippen MR) is 89.3 cm³/mol. The van der Waals surface area contributed by atoms with Gasteiger partial charge in [-0.15, -0.1) is 6.58 Å². The molecule has 3 nitrogen and oxygen atoms in total. The number of hydrogen-bond acceptors (Lipinski definition) is 3. The molecular weight excluding hydrogens is 282 g/mol. The summed E-state index contributed by atoms with van der Waals surface area (Å²) in [6, 6.07) is 7.51. The van der Waals surface area contributed by atoms with E-state index in [0.717, 1.165) is 31.4 Å². The molecule has 0 radical (unpaired) electrons. The van der Waals surface area contributed by atoms with Crippen LogP contribution in [-0.2, 0) is 9.84 Å². The molecule has 118 valence electrons. The molecule has 0 heterocycles. The fraction of sp³-hybridized carbons (Fsp3) is 0.529. The predicted octanol–water partition coefficient (Wildman–Crippen LogP) is 3.88. The zero-order chi connectivity index (χ0) is 15.7. The third-order valence-corrected chi connectivity index (χ3v) is 4.65. The Morgan fingerprint density at radius 3 is 2.67 bits per heavy atom. The second-order valence-corrected chi connectivity index (χ2v) is 7.40. The highest BCUT2D eigenvalue weighted by Gasteiger charge is 2.13. The lowest BCUT2D eigenvalue weighted by atomic mass is 10.00. The van der Waals surface area contributed by atoms with Crippen molar-refractivity contribution in [2.24, 2.45) is 0 Å². The minimum Gasteiger partial charge on any atom is -0.310 e. The summed E-state index contributed by atoms with van der Waals surface area (Å²) < 4.78 is 23.3. The van der Waals surface area contributed by atoms with Gasteiger partial charge in [-0.2, -0.15) is 0 Å². The second-order valence-electron chi connectivity index (χ2n) is 5.38. The molecular formula is C17H27NO2S. The summed E-state index contributed by atoms with van der Waals surface area (Å²) >= 11 is 0. The van der Waals surface area contributed by atoms with Crippen LogP contribution in [0.1, 0.15) is 50.6 Å². The monoisotopic (exact) mass is 309 g/mol. The van der Waals surface area contributed by atoms with Crippen LogP contribution in [0.2, 0.25) is 0 Å². The number of benzene rings is 1. The Morgan fingerprint density at radius 2 is 2.05 bits per heavy atom. The van der Waals surface area contributed by atoms with E-state index in [-0.39, 0.29) is 6.04 Å². The Labute approximate surface area is 129 Å². The lowest BCUT2D eigenvalue weighted by Crippen LogP contribution is -2.21. The molecule has 0 saturated heterocycles. The van der Waals surface area contributed by atoms with Crippen molar-refractivity contribution >= 4 is 9.84 Å². The third-order valence-electron chi connectivity index (χ3n) is 3.54. The fourth-order valence-corrected chi connectivity index (χ4v) is 3.08. The van der Waals surface area contributed by atoms with E-state index in [1.54, 1.807) is 12.1 Å². The smallest absolute Gasteiger partial charge is 0.175 e. The molecule has 0 fully saturated rings. The van der Waals surface area contributed by atoms with Crippen LogP contribution in [0.3, 0.4) is 0 Å². The number of nitrogens with one attached hydrogen (secondary N) is 1. The molecule has 0 aromatic heterocycles. The summed E-state index contributed by atoms with van der Waals surface area (Å²) in [5.41, 5.74) is 1.06. The van der Waals surface area contributed by atoms with Crippen LogP contribution in [0.15, 0.2) is 41.8 Å². The highest BCUT2D eigenvalue weighted by atomic mass is 32.2. The standard InChI is InChI=1S/C17H27NO2S/c1-4-6-7-8-9-13-17(18-5-2)15-11-10-12-16(14-15)21(3,19)20/h4,10-12,14,17-18H,1,5-9,13H2,2-3H3. The first-order valence-electron chi connectivity index (χ1n) is 7.63. The van der Waals surface area contributed by atoms with Crippen molar-refractivity contribution < 1.29 is 8.42 Å². The van der Waals surface area contributed by atoms with Crippen LogP contribution in [-0.4, -0.2) is 21.2 Å². The van der Waals surface area contributed by atoms with Crippen molar-refractivity contribution in [2.45, 2.75) is 50.0 Å². The molecule has 1 atom stereocenters. The van der Waals surface area contributed by atoms with Gasteiger partial charge in [-0.25, -0.2) is 8.42 Å². The number of hydrogen-bond donors (Lipinski definition) is 1. The van der Waals surface area contributed by atoms with Crippen molar-refractivity contribution in [2.75, 3.05) is 12.8 Å². The third kappa shape index (κ3) is 6.44. The molecule has 0 bridgehead atoms. The Balaban J connectivity index is 2.73. The number of rotatable bonds is 10. The van der Waals surface area contributed by atoms with Gasteiger partial charge in [0, 0.05) is 12.3 Å². The van der Waals surface area contributed by atoms with E-state index in [0.29, 0.717) is 4.90 Å². The summed E-state index contributed by atoms with van der Waals surface area (Å²) in [5.74, 6) is 0. The Hall–Kier alpha value is -1.13. The van der Waals surface area contributed by atoms with E-state index >= 15 is 0 Å². The SMILES string of the molecule is C=CCCCCCC(NCC)c1cccc(S(C)(=O)=O)c1. The van der Waals surface area contributed by atoms with Crippen LogP contribution in [0, 0.1) is 0 Å². The lowest BCUT2D eigenvalue weighted by molar-refractivity contribution is 0.483. The summed E-state index contributed by atoms with van der Waals surface area (Å²) in [6.45, 7) is 6.68. The van der Waals surface area contributed by atoms with Gasteiger partial charge in [0.25, 0.3) is 0 Å². The average molecular weight is 309 g/mol. The largest absolute Gasteiger partial charge is 0.310 e. The maximum absolute atomic E-state index is 11.7. The van der Waals surface area contributed by atoms with Crippen LogP contribution in [0.5, 0.6) is 0 Å². The number of allylic oxidation sites excluding steroid dienone is 1. The molecule has 0 spiro atoms. The first kappa shape index (κ1) is 17.9. The maximum Gasteiger partial charge on any atom is 0.175 e. The average Bonchev–Trinajstić information content (AvgIpc) is 2.45. The Morgan fingerprint density at radius 1 is 1.29 bits per heavy atom. The van der Waals surface area contributed by atoms with E-state index in [2.05, 4.69) is 18.8 Å². The summed E-state index contributed by atoms with van der Waals surface area (Å²) in [7, 11) is -3.15. The lowest BCUT2D eigenvalue weighted by Gasteiger charge is -2.19. The van der Waals surface area contributed by atoms with Gasteiger partial charge in [0.2, 0.25) is 0 Å². The van der Waals surface area contributed by atoms with Crippen molar-refractivity contribution in [3.05, 3.63) is 42.5 Å². The minimum atomic E-state index is -3.15. The van der Waals surface area contributed by atoms with Crippen LogP contribution >= 0.6 is 0 Å². The van der Waals surface area contributed by atoms with Gasteiger partial charge in [-0.05, 0) is 43.5 Å². The second kappa shape index (κ2) is 9.00. The topological polar surface area (TPSA) is 46.2 Å². The summed E-state index contributed by atoms with van der Waals surface area (Å²) in [5, 5.41) is 3.45. The molecule has 4 heteroatoms. The first-order chi connectivity index (χ1) is 9.99. The van der Waals surface area contributed by atoms with E-state index in [1.807, 2.05) is 18.2 Å². The molecule has 0 amide bonds. The van der Waals surface area contributed by atoms with Crippen molar-refractivity contribution in [1.82, 2.24) is 5.32 Å². The number of sulfone groups is 1. The van der Waals surface area contributed by atoms with Gasteiger partial charge in [-0.1, -0.05) is 38.0 Å². The highest BCUT2D eigenvalue weighted by molar-refractivity contribution is 7.90. The van der Waals surface area contributed by atoms with E-state index in [9.17, 15) is 8.42 Å². The summed E-state index contributed by atoms with van der Waals surface area (Å²) in [6.07, 6.45) is 8.79. The highest BCUT2D eigenvalue weighted by Crippen LogP contribution is 2.23. The van der Waals surface area contributed by atoms with Crippen LogP contribution in [0.4, 0.5) is 0 Å². The molecule has 1 rings (SSSR count). The molecule has 1 aromatic rings. The normalized spacial score (nSPS) is 13.0. The van der Waals surface area contributed by atoms with E-state index in [1.165, 1.54) is 19.1 Å².